The molecule has 0 aliphatic carbocycles. The molecule has 0 saturated heterocycles. The van der Waals surface area contributed by atoms with Gasteiger partial charge in [-0.25, -0.2) is 0 Å². The van der Waals surface area contributed by atoms with Crippen molar-refractivity contribution < 1.29 is 4.79 Å². The van der Waals surface area contributed by atoms with Crippen LogP contribution in [0.2, 0.25) is 0 Å². The van der Waals surface area contributed by atoms with Gasteiger partial charge < -0.3 is 4.90 Å². The first kappa shape index (κ1) is 12.8. The summed E-state index contributed by atoms with van der Waals surface area (Å²) in [6, 6.07) is 5.88. The summed E-state index contributed by atoms with van der Waals surface area (Å²) in [4.78, 5) is 15.2. The summed E-state index contributed by atoms with van der Waals surface area (Å²) in [7, 11) is 1.82. The zero-order chi connectivity index (χ0) is 13.1. The number of thiophene rings is 1. The maximum absolute atomic E-state index is 12.3. The number of amides is 1. The fourth-order valence-electron chi connectivity index (χ4n) is 1.86. The fourth-order valence-corrected chi connectivity index (χ4v) is 2.62. The highest BCUT2D eigenvalue weighted by molar-refractivity contribution is 7.09. The third kappa shape index (κ3) is 2.61. The first-order valence-corrected chi connectivity index (χ1v) is 6.82. The second-order valence-corrected chi connectivity index (χ2v) is 5.26. The Balaban J connectivity index is 2.15. The SMILES string of the molecule is CCn1nc(C)cc1C(=O)N(C)Cc1cccs1. The summed E-state index contributed by atoms with van der Waals surface area (Å²) in [6.07, 6.45) is 0. The van der Waals surface area contributed by atoms with Gasteiger partial charge in [0.2, 0.25) is 0 Å². The van der Waals surface area contributed by atoms with Crippen LogP contribution < -0.4 is 0 Å². The van der Waals surface area contributed by atoms with Gasteiger partial charge in [-0.2, -0.15) is 5.10 Å². The molecule has 0 spiro atoms. The van der Waals surface area contributed by atoms with Crippen molar-refractivity contribution in [3.8, 4) is 0 Å². The van der Waals surface area contributed by atoms with E-state index in [-0.39, 0.29) is 5.91 Å². The molecule has 5 heteroatoms. The van der Waals surface area contributed by atoms with Crippen molar-refractivity contribution >= 4 is 17.2 Å². The van der Waals surface area contributed by atoms with Crippen molar-refractivity contribution in [2.75, 3.05) is 7.05 Å². The Bertz CT molecular complexity index is 530. The highest BCUT2D eigenvalue weighted by Crippen LogP contribution is 2.13. The van der Waals surface area contributed by atoms with Gasteiger partial charge in [0.15, 0.2) is 0 Å². The molecule has 4 nitrogen and oxygen atoms in total. The van der Waals surface area contributed by atoms with Crippen molar-refractivity contribution in [1.82, 2.24) is 14.7 Å². The topological polar surface area (TPSA) is 38.1 Å². The molecule has 0 aliphatic rings. The van der Waals surface area contributed by atoms with Crippen LogP contribution in [0, 0.1) is 6.92 Å². The summed E-state index contributed by atoms with van der Waals surface area (Å²) in [5, 5.41) is 6.32. The predicted molar refractivity (Wildman–Crippen MR) is 72.8 cm³/mol. The number of carbonyl (C=O) groups excluding carboxylic acids is 1. The van der Waals surface area contributed by atoms with E-state index in [9.17, 15) is 4.79 Å². The molecule has 0 N–H and O–H groups in total. The lowest BCUT2D eigenvalue weighted by atomic mass is 10.3. The van der Waals surface area contributed by atoms with Crippen molar-refractivity contribution in [2.24, 2.45) is 0 Å². The van der Waals surface area contributed by atoms with E-state index in [2.05, 4.69) is 5.10 Å². The van der Waals surface area contributed by atoms with E-state index in [1.165, 1.54) is 4.88 Å². The van der Waals surface area contributed by atoms with Gasteiger partial charge in [-0.15, -0.1) is 11.3 Å². The van der Waals surface area contributed by atoms with Crippen LogP contribution in [0.1, 0.15) is 28.0 Å². The summed E-state index contributed by atoms with van der Waals surface area (Å²) in [5.74, 6) is 0.0193. The molecule has 2 aromatic rings. The van der Waals surface area contributed by atoms with E-state index in [0.29, 0.717) is 18.8 Å². The molecule has 0 aromatic carbocycles. The van der Waals surface area contributed by atoms with Crippen LogP contribution in [-0.4, -0.2) is 27.6 Å². The molecule has 0 aliphatic heterocycles. The molecule has 0 fully saturated rings. The Hall–Kier alpha value is -1.62. The van der Waals surface area contributed by atoms with Crippen LogP contribution in [0.3, 0.4) is 0 Å². The van der Waals surface area contributed by atoms with Gasteiger partial charge >= 0.3 is 0 Å². The molecule has 1 amide bonds. The second kappa shape index (κ2) is 5.35. The number of carbonyl (C=O) groups is 1. The summed E-state index contributed by atoms with van der Waals surface area (Å²) in [5.41, 5.74) is 1.54. The van der Waals surface area contributed by atoms with Crippen molar-refractivity contribution in [1.29, 1.82) is 0 Å². The number of rotatable bonds is 4. The van der Waals surface area contributed by atoms with Crippen molar-refractivity contribution in [3.63, 3.8) is 0 Å². The normalized spacial score (nSPS) is 10.6. The zero-order valence-electron chi connectivity index (χ0n) is 10.9. The van der Waals surface area contributed by atoms with Gasteiger partial charge in [-0.3, -0.25) is 9.48 Å². The molecule has 0 saturated carbocycles. The van der Waals surface area contributed by atoms with E-state index in [1.807, 2.05) is 44.5 Å². The number of hydrogen-bond donors (Lipinski definition) is 0. The number of nitrogens with zero attached hydrogens (tertiary/aromatic N) is 3. The third-order valence-electron chi connectivity index (χ3n) is 2.74. The van der Waals surface area contributed by atoms with Crippen LogP contribution in [0.5, 0.6) is 0 Å². The molecule has 0 atom stereocenters. The monoisotopic (exact) mass is 263 g/mol. The van der Waals surface area contributed by atoms with Gasteiger partial charge in [-0.05, 0) is 31.4 Å². The Morgan fingerprint density at radius 1 is 1.56 bits per heavy atom. The quantitative estimate of drug-likeness (QED) is 0.850. The summed E-state index contributed by atoms with van der Waals surface area (Å²) < 4.78 is 1.75. The lowest BCUT2D eigenvalue weighted by molar-refractivity contribution is 0.0774. The van der Waals surface area contributed by atoms with Gasteiger partial charge in [0, 0.05) is 18.5 Å². The molecule has 2 aromatic heterocycles. The third-order valence-corrected chi connectivity index (χ3v) is 3.60. The number of hydrogen-bond acceptors (Lipinski definition) is 3. The van der Waals surface area contributed by atoms with Crippen LogP contribution in [0.25, 0.3) is 0 Å². The lowest BCUT2D eigenvalue weighted by Crippen LogP contribution is -2.28. The largest absolute Gasteiger partial charge is 0.335 e. The first-order chi connectivity index (χ1) is 8.61. The molecule has 0 radical (unpaired) electrons. The average Bonchev–Trinajstić information content (AvgIpc) is 2.97. The Morgan fingerprint density at radius 2 is 2.33 bits per heavy atom. The minimum Gasteiger partial charge on any atom is -0.335 e. The maximum atomic E-state index is 12.3. The zero-order valence-corrected chi connectivity index (χ0v) is 11.7. The van der Waals surface area contributed by atoms with Crippen LogP contribution >= 0.6 is 11.3 Å². The van der Waals surface area contributed by atoms with Crippen LogP contribution in [0.4, 0.5) is 0 Å². The lowest BCUT2D eigenvalue weighted by Gasteiger charge is -2.16. The predicted octanol–water partition coefficient (Wildman–Crippen LogP) is 2.55. The van der Waals surface area contributed by atoms with Crippen molar-refractivity contribution in [2.45, 2.75) is 26.9 Å². The highest BCUT2D eigenvalue weighted by atomic mass is 32.1. The van der Waals surface area contributed by atoms with Gasteiger partial charge in [0.25, 0.3) is 5.91 Å². The minimum absolute atomic E-state index is 0.0193. The van der Waals surface area contributed by atoms with Crippen LogP contribution in [0.15, 0.2) is 23.6 Å². The van der Waals surface area contributed by atoms with Crippen molar-refractivity contribution in [3.05, 3.63) is 39.8 Å². The minimum atomic E-state index is 0.0193. The van der Waals surface area contributed by atoms with E-state index in [0.717, 1.165) is 5.69 Å². The molecule has 0 unspecified atom stereocenters. The summed E-state index contributed by atoms with van der Waals surface area (Å²) in [6.45, 7) is 5.25. The molecular formula is C13H17N3OS. The summed E-state index contributed by atoms with van der Waals surface area (Å²) >= 11 is 1.66. The van der Waals surface area contributed by atoms with Gasteiger partial charge in [0.05, 0.1) is 12.2 Å². The second-order valence-electron chi connectivity index (χ2n) is 4.23. The smallest absolute Gasteiger partial charge is 0.272 e. The molecule has 0 bridgehead atoms. The fraction of sp³-hybridized carbons (Fsp3) is 0.385. The number of aromatic nitrogens is 2. The highest BCUT2D eigenvalue weighted by Gasteiger charge is 2.17. The Labute approximate surface area is 111 Å². The first-order valence-electron chi connectivity index (χ1n) is 5.94. The van der Waals surface area contributed by atoms with Gasteiger partial charge in [0.1, 0.15) is 5.69 Å². The molecule has 2 heterocycles. The Morgan fingerprint density at radius 3 is 2.94 bits per heavy atom. The van der Waals surface area contributed by atoms with Gasteiger partial charge in [-0.1, -0.05) is 6.07 Å². The average molecular weight is 263 g/mol. The number of aryl methyl sites for hydroxylation is 2. The van der Waals surface area contributed by atoms with E-state index in [1.54, 1.807) is 20.9 Å². The van der Waals surface area contributed by atoms with Crippen LogP contribution in [-0.2, 0) is 13.1 Å². The molecular weight excluding hydrogens is 246 g/mol. The van der Waals surface area contributed by atoms with E-state index in [4.69, 9.17) is 0 Å². The Kier molecular flexibility index (Phi) is 3.81. The maximum Gasteiger partial charge on any atom is 0.272 e. The molecule has 18 heavy (non-hydrogen) atoms. The van der Waals surface area contributed by atoms with E-state index < -0.39 is 0 Å². The molecule has 2 rings (SSSR count). The molecule has 96 valence electrons. The van der Waals surface area contributed by atoms with E-state index >= 15 is 0 Å². The standard InChI is InChI=1S/C13H17N3OS/c1-4-16-12(8-10(2)14-16)13(17)15(3)9-11-6-5-7-18-11/h5-8H,4,9H2,1-3H3.